The average molecular weight is 869 g/mol. The number of nitrogens with zero attached hydrogens (tertiary/aromatic N) is 4. The molecule has 0 amide bonds. The molecule has 4 heterocycles. The Kier molecular flexibility index (Phi) is 9.43. The molecule has 13 rings (SSSR count). The van der Waals surface area contributed by atoms with Gasteiger partial charge in [0.1, 0.15) is 16.9 Å². The molecule has 0 aliphatic carbocycles. The number of hydrogen-bond donors (Lipinski definition) is 0. The Balaban J connectivity index is 0.983. The fourth-order valence-corrected chi connectivity index (χ4v) is 9.89. The highest BCUT2D eigenvalue weighted by atomic mass is 16.3. The van der Waals surface area contributed by atoms with E-state index in [0.29, 0.717) is 5.82 Å². The number of benzene rings is 9. The van der Waals surface area contributed by atoms with Crippen LogP contribution in [-0.2, 0) is 0 Å². The molecule has 68 heavy (non-hydrogen) atoms. The molecular weight excluding hydrogens is 829 g/mol. The van der Waals surface area contributed by atoms with Crippen LogP contribution >= 0.6 is 0 Å². The second kappa shape index (κ2) is 16.4. The Hall–Kier alpha value is -9.19. The van der Waals surface area contributed by atoms with E-state index < -0.39 is 0 Å². The standard InChI is InChI=1S/C63H40N4O/c1-5-19-42(20-6-1)58-59(44-21-7-2-8-22-44)66-67-60(45-23-9-3-10-24-45)57(51-30-13-14-31-52(51)61(58)67)43-37-35-41(36-38-43)54-40-55(65-63(64-54)46-25-11-4-12-26-46)48-28-17-27-47(39-48)49-32-18-33-53-50-29-15-16-34-56(50)68-62(49)53/h1-40H. The number of rotatable bonds is 8. The van der Waals surface area contributed by atoms with Gasteiger partial charge in [0.05, 0.1) is 22.6 Å². The highest BCUT2D eigenvalue weighted by molar-refractivity contribution is 6.15. The van der Waals surface area contributed by atoms with Gasteiger partial charge in [0.25, 0.3) is 0 Å². The molecule has 0 saturated heterocycles. The van der Waals surface area contributed by atoms with Crippen molar-refractivity contribution < 1.29 is 4.42 Å². The Morgan fingerprint density at radius 1 is 0.338 bits per heavy atom. The van der Waals surface area contributed by atoms with Crippen LogP contribution in [0.5, 0.6) is 0 Å². The normalized spacial score (nSPS) is 11.5. The van der Waals surface area contributed by atoms with Crippen LogP contribution in [0.2, 0.25) is 0 Å². The first-order valence-electron chi connectivity index (χ1n) is 22.9. The maximum Gasteiger partial charge on any atom is 0.160 e. The van der Waals surface area contributed by atoms with Crippen molar-refractivity contribution >= 4 is 38.2 Å². The third-order valence-corrected chi connectivity index (χ3v) is 13.0. The number of aromatic nitrogens is 4. The van der Waals surface area contributed by atoms with Crippen molar-refractivity contribution in [3.63, 3.8) is 0 Å². The molecule has 0 N–H and O–H groups in total. The predicted octanol–water partition coefficient (Wildman–Crippen LogP) is 16.5. The van der Waals surface area contributed by atoms with E-state index >= 15 is 0 Å². The van der Waals surface area contributed by atoms with Gasteiger partial charge in [-0.3, -0.25) is 0 Å². The summed E-state index contributed by atoms with van der Waals surface area (Å²) in [5.41, 5.74) is 18.1. The number of furan rings is 1. The molecule has 13 aromatic rings. The molecule has 0 unspecified atom stereocenters. The van der Waals surface area contributed by atoms with Crippen LogP contribution < -0.4 is 0 Å². The molecule has 0 saturated carbocycles. The lowest BCUT2D eigenvalue weighted by molar-refractivity contribution is 0.670. The van der Waals surface area contributed by atoms with Gasteiger partial charge in [-0.25, -0.2) is 14.5 Å². The zero-order valence-corrected chi connectivity index (χ0v) is 36.8. The number of para-hydroxylation sites is 2. The molecule has 0 aliphatic rings. The van der Waals surface area contributed by atoms with Gasteiger partial charge in [-0.1, -0.05) is 224 Å². The van der Waals surface area contributed by atoms with Gasteiger partial charge >= 0.3 is 0 Å². The number of pyridine rings is 1. The first-order chi connectivity index (χ1) is 33.7. The van der Waals surface area contributed by atoms with Crippen LogP contribution in [0.1, 0.15) is 0 Å². The lowest BCUT2D eigenvalue weighted by Gasteiger charge is -2.18. The van der Waals surface area contributed by atoms with E-state index in [1.165, 1.54) is 0 Å². The maximum absolute atomic E-state index is 6.47. The summed E-state index contributed by atoms with van der Waals surface area (Å²) in [5, 5.41) is 10.1. The minimum absolute atomic E-state index is 0.664. The molecule has 0 aliphatic heterocycles. The van der Waals surface area contributed by atoms with Crippen molar-refractivity contribution in [2.45, 2.75) is 0 Å². The molecule has 0 spiro atoms. The van der Waals surface area contributed by atoms with Crippen LogP contribution in [-0.4, -0.2) is 19.6 Å². The highest BCUT2D eigenvalue weighted by Crippen LogP contribution is 2.46. The quantitative estimate of drug-likeness (QED) is 0.153. The number of hydrogen-bond acceptors (Lipinski definition) is 4. The maximum atomic E-state index is 6.47. The van der Waals surface area contributed by atoms with Gasteiger partial charge in [0.15, 0.2) is 5.82 Å². The molecule has 0 bridgehead atoms. The van der Waals surface area contributed by atoms with Crippen molar-refractivity contribution in [3.05, 3.63) is 243 Å². The molecule has 0 radical (unpaired) electrons. The molecule has 9 aromatic carbocycles. The van der Waals surface area contributed by atoms with Gasteiger partial charge in [-0.15, -0.1) is 0 Å². The summed E-state index contributed by atoms with van der Waals surface area (Å²) in [7, 11) is 0. The second-order valence-electron chi connectivity index (χ2n) is 17.1. The van der Waals surface area contributed by atoms with Gasteiger partial charge in [0.2, 0.25) is 0 Å². The van der Waals surface area contributed by atoms with Crippen molar-refractivity contribution in [2.75, 3.05) is 0 Å². The fourth-order valence-electron chi connectivity index (χ4n) is 9.89. The molecular formula is C63H40N4O. The van der Waals surface area contributed by atoms with E-state index in [9.17, 15) is 0 Å². The summed E-state index contributed by atoms with van der Waals surface area (Å²) in [5.74, 6) is 0.664. The van der Waals surface area contributed by atoms with Crippen molar-refractivity contribution in [3.8, 4) is 89.8 Å². The largest absolute Gasteiger partial charge is 0.455 e. The topological polar surface area (TPSA) is 56.2 Å². The Labute approximate surface area is 392 Å². The summed E-state index contributed by atoms with van der Waals surface area (Å²) in [4.78, 5) is 10.4. The summed E-state index contributed by atoms with van der Waals surface area (Å²) in [6.45, 7) is 0. The molecule has 0 fully saturated rings. The molecule has 4 aromatic heterocycles. The SMILES string of the molecule is c1ccc(-c2nc(-c3ccc(-c4c(-c5ccccc5)n5nc(-c6ccccc6)c(-c6ccccc6)c5c5ccccc45)cc3)cc(-c3cccc(-c4cccc5c4oc4ccccc45)c3)n2)cc1. The van der Waals surface area contributed by atoms with E-state index in [1.54, 1.807) is 0 Å². The van der Waals surface area contributed by atoms with E-state index in [1.807, 2.05) is 30.3 Å². The van der Waals surface area contributed by atoms with Gasteiger partial charge in [-0.2, -0.15) is 5.10 Å². The zero-order valence-electron chi connectivity index (χ0n) is 36.8. The number of fused-ring (bicyclic) bond motifs is 6. The van der Waals surface area contributed by atoms with Crippen molar-refractivity contribution in [2.24, 2.45) is 0 Å². The van der Waals surface area contributed by atoms with Crippen molar-refractivity contribution in [1.29, 1.82) is 0 Å². The average Bonchev–Trinajstić information content (AvgIpc) is 4.01. The Bertz CT molecular complexity index is 3990. The van der Waals surface area contributed by atoms with E-state index in [0.717, 1.165) is 122 Å². The molecule has 0 atom stereocenters. The predicted molar refractivity (Wildman–Crippen MR) is 279 cm³/mol. The second-order valence-corrected chi connectivity index (χ2v) is 17.1. The van der Waals surface area contributed by atoms with E-state index in [-0.39, 0.29) is 0 Å². The summed E-state index contributed by atoms with van der Waals surface area (Å²) in [6, 6.07) is 85.0. The third-order valence-electron chi connectivity index (χ3n) is 13.0. The lowest BCUT2D eigenvalue weighted by Crippen LogP contribution is -2.00. The van der Waals surface area contributed by atoms with E-state index in [2.05, 4.69) is 217 Å². The summed E-state index contributed by atoms with van der Waals surface area (Å²) < 4.78 is 8.66. The molecule has 5 nitrogen and oxygen atoms in total. The van der Waals surface area contributed by atoms with E-state index in [4.69, 9.17) is 19.5 Å². The van der Waals surface area contributed by atoms with Crippen LogP contribution in [0.15, 0.2) is 247 Å². The summed E-state index contributed by atoms with van der Waals surface area (Å²) >= 11 is 0. The minimum atomic E-state index is 0.664. The molecule has 5 heteroatoms. The van der Waals surface area contributed by atoms with Gasteiger partial charge < -0.3 is 4.42 Å². The Morgan fingerprint density at radius 3 is 1.57 bits per heavy atom. The summed E-state index contributed by atoms with van der Waals surface area (Å²) in [6.07, 6.45) is 0. The van der Waals surface area contributed by atoms with Gasteiger partial charge in [0, 0.05) is 60.7 Å². The smallest absolute Gasteiger partial charge is 0.160 e. The van der Waals surface area contributed by atoms with Crippen LogP contribution in [0.25, 0.3) is 128 Å². The minimum Gasteiger partial charge on any atom is -0.455 e. The fraction of sp³-hybridized carbons (Fsp3) is 0. The Morgan fingerprint density at radius 2 is 0.853 bits per heavy atom. The van der Waals surface area contributed by atoms with Crippen LogP contribution in [0.4, 0.5) is 0 Å². The van der Waals surface area contributed by atoms with Crippen molar-refractivity contribution in [1.82, 2.24) is 19.6 Å². The monoisotopic (exact) mass is 868 g/mol. The van der Waals surface area contributed by atoms with Crippen LogP contribution in [0.3, 0.4) is 0 Å². The first kappa shape index (κ1) is 39.2. The van der Waals surface area contributed by atoms with Crippen LogP contribution in [0, 0.1) is 0 Å². The first-order valence-corrected chi connectivity index (χ1v) is 22.9. The zero-order chi connectivity index (χ0) is 45.0. The van der Waals surface area contributed by atoms with Gasteiger partial charge in [-0.05, 0) is 40.3 Å². The highest BCUT2D eigenvalue weighted by Gasteiger charge is 2.25. The molecule has 318 valence electrons. The lowest BCUT2D eigenvalue weighted by atomic mass is 9.91. The third kappa shape index (κ3) is 6.68.